The van der Waals surface area contributed by atoms with Crippen LogP contribution in [-0.2, 0) is 11.3 Å². The minimum atomic E-state index is -0.176. The predicted molar refractivity (Wildman–Crippen MR) is 83.9 cm³/mol. The molecule has 2 N–H and O–H groups in total. The second-order valence-corrected chi connectivity index (χ2v) is 6.00. The number of nitrogens with zero attached hydrogens (tertiary/aromatic N) is 2. The van der Waals surface area contributed by atoms with Crippen molar-refractivity contribution in [3.63, 3.8) is 0 Å². The summed E-state index contributed by atoms with van der Waals surface area (Å²) in [5, 5.41) is 3.96. The molecular formula is C17H21N3O2. The molecule has 0 unspecified atom stereocenters. The summed E-state index contributed by atoms with van der Waals surface area (Å²) in [7, 11) is 0. The Morgan fingerprint density at radius 1 is 1.41 bits per heavy atom. The average molecular weight is 299 g/mol. The molecular weight excluding hydrogens is 278 g/mol. The number of nitrogens with two attached hydrogens (primary N) is 1. The molecule has 116 valence electrons. The maximum Gasteiger partial charge on any atom is 0.220 e. The standard InChI is InChI=1S/C17H21N3O2/c1-12-3-2-4-14(9-12)16-15(10-19-22-16)11-20-7-5-13(6-8-20)17(18)21/h2-4,9-10,13H,5-8,11H2,1H3,(H2,18,21). The van der Waals surface area contributed by atoms with Crippen LogP contribution < -0.4 is 5.73 Å². The van der Waals surface area contributed by atoms with Crippen molar-refractivity contribution in [2.75, 3.05) is 13.1 Å². The van der Waals surface area contributed by atoms with Gasteiger partial charge in [-0.2, -0.15) is 0 Å². The molecule has 1 fully saturated rings. The second-order valence-electron chi connectivity index (χ2n) is 6.00. The first kappa shape index (κ1) is 14.8. The Bertz CT molecular complexity index is 657. The molecule has 1 aromatic heterocycles. The first-order valence-corrected chi connectivity index (χ1v) is 7.66. The molecule has 0 radical (unpaired) electrons. The number of rotatable bonds is 4. The van der Waals surface area contributed by atoms with Crippen molar-refractivity contribution in [3.05, 3.63) is 41.6 Å². The fourth-order valence-electron chi connectivity index (χ4n) is 3.01. The molecule has 0 saturated carbocycles. The number of primary amides is 1. The van der Waals surface area contributed by atoms with Crippen LogP contribution in [0.1, 0.15) is 24.0 Å². The molecule has 1 aliphatic heterocycles. The molecule has 22 heavy (non-hydrogen) atoms. The van der Waals surface area contributed by atoms with E-state index in [0.29, 0.717) is 0 Å². The van der Waals surface area contributed by atoms with Crippen LogP contribution in [0.25, 0.3) is 11.3 Å². The summed E-state index contributed by atoms with van der Waals surface area (Å²) in [6.07, 6.45) is 3.46. The molecule has 2 aromatic rings. The van der Waals surface area contributed by atoms with E-state index >= 15 is 0 Å². The molecule has 0 bridgehead atoms. The van der Waals surface area contributed by atoms with E-state index in [4.69, 9.17) is 10.3 Å². The number of aromatic nitrogens is 1. The summed E-state index contributed by atoms with van der Waals surface area (Å²) in [4.78, 5) is 13.6. The molecule has 3 rings (SSSR count). The minimum Gasteiger partial charge on any atom is -0.369 e. The van der Waals surface area contributed by atoms with Crippen molar-refractivity contribution in [2.45, 2.75) is 26.3 Å². The van der Waals surface area contributed by atoms with Crippen LogP contribution in [0.15, 0.2) is 35.0 Å². The highest BCUT2D eigenvalue weighted by molar-refractivity contribution is 5.76. The number of aryl methyl sites for hydroxylation is 1. The van der Waals surface area contributed by atoms with E-state index in [1.807, 2.05) is 12.1 Å². The van der Waals surface area contributed by atoms with Gasteiger partial charge in [0.1, 0.15) is 0 Å². The first-order valence-electron chi connectivity index (χ1n) is 7.66. The summed E-state index contributed by atoms with van der Waals surface area (Å²) in [5.41, 5.74) is 8.72. The van der Waals surface area contributed by atoms with E-state index < -0.39 is 0 Å². The highest BCUT2D eigenvalue weighted by atomic mass is 16.5. The highest BCUT2D eigenvalue weighted by Gasteiger charge is 2.24. The van der Waals surface area contributed by atoms with E-state index in [1.165, 1.54) is 5.56 Å². The third-order valence-corrected chi connectivity index (χ3v) is 4.31. The molecule has 1 aromatic carbocycles. The summed E-state index contributed by atoms with van der Waals surface area (Å²) >= 11 is 0. The van der Waals surface area contributed by atoms with Gasteiger partial charge in [-0.1, -0.05) is 28.9 Å². The second kappa shape index (κ2) is 6.32. The number of hydrogen-bond acceptors (Lipinski definition) is 4. The summed E-state index contributed by atoms with van der Waals surface area (Å²) in [6.45, 7) is 4.62. The predicted octanol–water partition coefficient (Wildman–Crippen LogP) is 2.35. The number of carbonyl (C=O) groups is 1. The van der Waals surface area contributed by atoms with Crippen LogP contribution in [0, 0.1) is 12.8 Å². The van der Waals surface area contributed by atoms with E-state index in [9.17, 15) is 4.79 Å². The maximum absolute atomic E-state index is 11.2. The van der Waals surface area contributed by atoms with Gasteiger partial charge in [0, 0.05) is 23.6 Å². The fourth-order valence-corrected chi connectivity index (χ4v) is 3.01. The number of benzene rings is 1. The van der Waals surface area contributed by atoms with Gasteiger partial charge in [0.05, 0.1) is 6.20 Å². The summed E-state index contributed by atoms with van der Waals surface area (Å²) in [5.74, 6) is 0.681. The van der Waals surface area contributed by atoms with Gasteiger partial charge in [0.25, 0.3) is 0 Å². The Morgan fingerprint density at radius 3 is 2.86 bits per heavy atom. The monoisotopic (exact) mass is 299 g/mol. The number of carbonyl (C=O) groups excluding carboxylic acids is 1. The quantitative estimate of drug-likeness (QED) is 0.940. The number of hydrogen-bond donors (Lipinski definition) is 1. The third kappa shape index (κ3) is 3.20. The zero-order valence-electron chi connectivity index (χ0n) is 12.8. The normalized spacial score (nSPS) is 16.8. The van der Waals surface area contributed by atoms with Crippen molar-refractivity contribution >= 4 is 5.91 Å². The Labute approximate surface area is 130 Å². The molecule has 1 saturated heterocycles. The highest BCUT2D eigenvalue weighted by Crippen LogP contribution is 2.27. The summed E-state index contributed by atoms with van der Waals surface area (Å²) in [6, 6.07) is 8.23. The van der Waals surface area contributed by atoms with Crippen LogP contribution in [0.3, 0.4) is 0 Å². The van der Waals surface area contributed by atoms with Crippen molar-refractivity contribution in [1.29, 1.82) is 0 Å². The van der Waals surface area contributed by atoms with Gasteiger partial charge < -0.3 is 10.3 Å². The molecule has 2 heterocycles. The van der Waals surface area contributed by atoms with Gasteiger partial charge in [0.15, 0.2) is 5.76 Å². The van der Waals surface area contributed by atoms with Gasteiger partial charge in [-0.25, -0.2) is 0 Å². The van der Waals surface area contributed by atoms with Crippen LogP contribution in [0.4, 0.5) is 0 Å². The van der Waals surface area contributed by atoms with Gasteiger partial charge >= 0.3 is 0 Å². The van der Waals surface area contributed by atoms with Crippen LogP contribution >= 0.6 is 0 Å². The first-order chi connectivity index (χ1) is 10.6. The largest absolute Gasteiger partial charge is 0.369 e. The van der Waals surface area contributed by atoms with Crippen molar-refractivity contribution in [2.24, 2.45) is 11.7 Å². The van der Waals surface area contributed by atoms with Crippen molar-refractivity contribution < 1.29 is 9.32 Å². The van der Waals surface area contributed by atoms with Crippen LogP contribution in [-0.4, -0.2) is 29.1 Å². The number of amides is 1. The van der Waals surface area contributed by atoms with Gasteiger partial charge in [-0.15, -0.1) is 0 Å². The van der Waals surface area contributed by atoms with Crippen LogP contribution in [0.5, 0.6) is 0 Å². The SMILES string of the molecule is Cc1cccc(-c2oncc2CN2CCC(C(N)=O)CC2)c1. The maximum atomic E-state index is 11.2. The summed E-state index contributed by atoms with van der Waals surface area (Å²) < 4.78 is 5.46. The molecule has 0 atom stereocenters. The van der Waals surface area contributed by atoms with Crippen molar-refractivity contribution in [3.8, 4) is 11.3 Å². The van der Waals surface area contributed by atoms with Gasteiger partial charge in [-0.3, -0.25) is 9.69 Å². The van der Waals surface area contributed by atoms with E-state index in [0.717, 1.165) is 49.4 Å². The van der Waals surface area contributed by atoms with E-state index in [1.54, 1.807) is 6.20 Å². The van der Waals surface area contributed by atoms with Gasteiger partial charge in [-0.05, 0) is 38.9 Å². The zero-order chi connectivity index (χ0) is 15.5. The Kier molecular flexibility index (Phi) is 4.24. The third-order valence-electron chi connectivity index (χ3n) is 4.31. The molecule has 0 spiro atoms. The Hall–Kier alpha value is -2.14. The number of piperidine rings is 1. The molecule has 1 aliphatic rings. The minimum absolute atomic E-state index is 0.0231. The lowest BCUT2D eigenvalue weighted by Gasteiger charge is -2.30. The average Bonchev–Trinajstić information content (AvgIpc) is 2.96. The number of likely N-dealkylation sites (tertiary alicyclic amines) is 1. The van der Waals surface area contributed by atoms with Crippen molar-refractivity contribution in [1.82, 2.24) is 10.1 Å². The van der Waals surface area contributed by atoms with E-state index in [-0.39, 0.29) is 11.8 Å². The molecule has 5 nitrogen and oxygen atoms in total. The Balaban J connectivity index is 1.70. The zero-order valence-corrected chi connectivity index (χ0v) is 12.8. The smallest absolute Gasteiger partial charge is 0.220 e. The molecule has 1 amide bonds. The fraction of sp³-hybridized carbons (Fsp3) is 0.412. The lowest BCUT2D eigenvalue weighted by atomic mass is 9.96. The Morgan fingerprint density at radius 2 is 2.18 bits per heavy atom. The lowest BCUT2D eigenvalue weighted by Crippen LogP contribution is -2.38. The molecule has 5 heteroatoms. The van der Waals surface area contributed by atoms with Gasteiger partial charge in [0.2, 0.25) is 5.91 Å². The lowest BCUT2D eigenvalue weighted by molar-refractivity contribution is -0.123. The topological polar surface area (TPSA) is 72.4 Å². The van der Waals surface area contributed by atoms with E-state index in [2.05, 4.69) is 29.1 Å². The molecule has 0 aliphatic carbocycles. The van der Waals surface area contributed by atoms with Crippen LogP contribution in [0.2, 0.25) is 0 Å².